The van der Waals surface area contributed by atoms with E-state index in [2.05, 4.69) is 34.4 Å². The Morgan fingerprint density at radius 3 is 2.86 bits per heavy atom. The zero-order chi connectivity index (χ0) is 15.2. The van der Waals surface area contributed by atoms with Gasteiger partial charge in [-0.3, -0.25) is 4.90 Å². The van der Waals surface area contributed by atoms with E-state index in [1.54, 1.807) is 0 Å². The Hall–Kier alpha value is -1.39. The van der Waals surface area contributed by atoms with Crippen LogP contribution in [0.1, 0.15) is 37.7 Å². The highest BCUT2D eigenvalue weighted by Gasteiger charge is 2.17. The molecule has 1 aliphatic rings. The normalized spacial score (nSPS) is 18.9. The van der Waals surface area contributed by atoms with Crippen LogP contribution >= 0.6 is 0 Å². The van der Waals surface area contributed by atoms with Crippen LogP contribution in [0, 0.1) is 12.8 Å². The number of aromatic nitrogens is 2. The van der Waals surface area contributed by atoms with Crippen molar-refractivity contribution in [3.05, 3.63) is 41.5 Å². The molecule has 0 aliphatic heterocycles. The number of rotatable bonds is 7. The first-order valence-electron chi connectivity index (χ1n) is 7.75. The van der Waals surface area contributed by atoms with Crippen molar-refractivity contribution in [2.24, 2.45) is 5.92 Å². The summed E-state index contributed by atoms with van der Waals surface area (Å²) in [5.74, 6) is 1.59. The molecule has 1 aromatic rings. The molecule has 1 heterocycles. The number of hydrogen-bond donors (Lipinski definition) is 2. The third-order valence-electron chi connectivity index (χ3n) is 4.19. The standard InChI is InChI=1S/C17H27N3O/c1-13(2)16-6-4-15(5-7-16)11-20(8-9-21)12-17-10-18-14(3)19-17/h4,10,16,21H,1,5-9,11-12H2,2-3H3,(H,18,19)/t16-/m1/s1. The fraction of sp³-hybridized carbons (Fsp3) is 0.588. The summed E-state index contributed by atoms with van der Waals surface area (Å²) >= 11 is 0. The Bertz CT molecular complexity index is 504. The Morgan fingerprint density at radius 1 is 1.52 bits per heavy atom. The lowest BCUT2D eigenvalue weighted by Crippen LogP contribution is -2.29. The molecule has 0 spiro atoms. The molecule has 0 aromatic carbocycles. The summed E-state index contributed by atoms with van der Waals surface area (Å²) in [7, 11) is 0. The van der Waals surface area contributed by atoms with Gasteiger partial charge in [0.25, 0.3) is 0 Å². The summed E-state index contributed by atoms with van der Waals surface area (Å²) in [5, 5.41) is 9.27. The zero-order valence-electron chi connectivity index (χ0n) is 13.2. The summed E-state index contributed by atoms with van der Waals surface area (Å²) in [6, 6.07) is 0. The summed E-state index contributed by atoms with van der Waals surface area (Å²) < 4.78 is 0. The Kier molecular flexibility index (Phi) is 5.76. The minimum Gasteiger partial charge on any atom is -0.395 e. The second-order valence-electron chi connectivity index (χ2n) is 6.11. The Morgan fingerprint density at radius 2 is 2.33 bits per heavy atom. The summed E-state index contributed by atoms with van der Waals surface area (Å²) in [6.07, 6.45) is 7.71. The third kappa shape index (κ3) is 4.83. The molecule has 1 aliphatic carbocycles. The van der Waals surface area contributed by atoms with Crippen LogP contribution < -0.4 is 0 Å². The summed E-state index contributed by atoms with van der Waals surface area (Å²) in [6.45, 7) is 10.8. The lowest BCUT2D eigenvalue weighted by molar-refractivity contribution is 0.197. The van der Waals surface area contributed by atoms with Crippen LogP contribution in [0.5, 0.6) is 0 Å². The monoisotopic (exact) mass is 289 g/mol. The highest BCUT2D eigenvalue weighted by molar-refractivity contribution is 5.14. The van der Waals surface area contributed by atoms with E-state index in [9.17, 15) is 5.11 Å². The van der Waals surface area contributed by atoms with E-state index in [1.807, 2.05) is 13.1 Å². The molecule has 0 amide bonds. The number of aryl methyl sites for hydroxylation is 1. The molecule has 0 unspecified atom stereocenters. The highest BCUT2D eigenvalue weighted by Crippen LogP contribution is 2.28. The second-order valence-corrected chi connectivity index (χ2v) is 6.11. The van der Waals surface area contributed by atoms with Gasteiger partial charge in [0.05, 0.1) is 6.61 Å². The molecule has 1 atom stereocenters. The number of hydrogen-bond acceptors (Lipinski definition) is 3. The van der Waals surface area contributed by atoms with Crippen LogP contribution in [0.15, 0.2) is 30.0 Å². The van der Waals surface area contributed by atoms with Crippen LogP contribution in [-0.2, 0) is 6.54 Å². The van der Waals surface area contributed by atoms with Crippen LogP contribution in [0.25, 0.3) is 0 Å². The molecule has 0 saturated heterocycles. The van der Waals surface area contributed by atoms with Crippen molar-refractivity contribution < 1.29 is 5.11 Å². The van der Waals surface area contributed by atoms with E-state index < -0.39 is 0 Å². The van der Waals surface area contributed by atoms with E-state index in [0.717, 1.165) is 37.4 Å². The smallest absolute Gasteiger partial charge is 0.103 e. The van der Waals surface area contributed by atoms with Crippen molar-refractivity contribution in [2.45, 2.75) is 39.7 Å². The molecular formula is C17H27N3O. The number of imidazole rings is 1. The zero-order valence-corrected chi connectivity index (χ0v) is 13.2. The van der Waals surface area contributed by atoms with E-state index in [4.69, 9.17) is 0 Å². The van der Waals surface area contributed by atoms with E-state index in [-0.39, 0.29) is 6.61 Å². The van der Waals surface area contributed by atoms with Crippen LogP contribution in [-0.4, -0.2) is 39.7 Å². The number of allylic oxidation sites excluding steroid dienone is 2. The second kappa shape index (κ2) is 7.57. The maximum Gasteiger partial charge on any atom is 0.103 e. The average Bonchev–Trinajstić information content (AvgIpc) is 2.85. The lowest BCUT2D eigenvalue weighted by atomic mass is 9.85. The molecular weight excluding hydrogens is 262 g/mol. The molecule has 0 bridgehead atoms. The van der Waals surface area contributed by atoms with Crippen molar-refractivity contribution >= 4 is 0 Å². The molecule has 0 saturated carbocycles. The molecule has 4 nitrogen and oxygen atoms in total. The summed E-state index contributed by atoms with van der Waals surface area (Å²) in [5.41, 5.74) is 3.89. The van der Waals surface area contributed by atoms with Gasteiger partial charge < -0.3 is 10.1 Å². The number of H-pyrrole nitrogens is 1. The predicted octanol–water partition coefficient (Wildman–Crippen LogP) is 2.82. The molecule has 0 fully saturated rings. The highest BCUT2D eigenvalue weighted by atomic mass is 16.3. The van der Waals surface area contributed by atoms with Gasteiger partial charge in [-0.2, -0.15) is 0 Å². The molecule has 2 rings (SSSR count). The average molecular weight is 289 g/mol. The predicted molar refractivity (Wildman–Crippen MR) is 85.9 cm³/mol. The van der Waals surface area contributed by atoms with Gasteiger partial charge in [0.2, 0.25) is 0 Å². The molecule has 21 heavy (non-hydrogen) atoms. The van der Waals surface area contributed by atoms with Crippen molar-refractivity contribution in [3.8, 4) is 0 Å². The van der Waals surface area contributed by atoms with Gasteiger partial charge in [-0.1, -0.05) is 23.8 Å². The van der Waals surface area contributed by atoms with Gasteiger partial charge in [0.15, 0.2) is 0 Å². The van der Waals surface area contributed by atoms with E-state index >= 15 is 0 Å². The molecule has 0 radical (unpaired) electrons. The SMILES string of the molecule is C=C(C)[C@@H]1CC=C(CN(CCO)Cc2cnc(C)[nH]2)CC1. The third-order valence-corrected chi connectivity index (χ3v) is 4.19. The van der Waals surface area contributed by atoms with E-state index in [1.165, 1.54) is 17.6 Å². The van der Waals surface area contributed by atoms with Crippen LogP contribution in [0.3, 0.4) is 0 Å². The first kappa shape index (κ1) is 16.0. The fourth-order valence-corrected chi connectivity index (χ4v) is 2.92. The maximum absolute atomic E-state index is 9.27. The van der Waals surface area contributed by atoms with Crippen molar-refractivity contribution in [3.63, 3.8) is 0 Å². The number of nitrogens with zero attached hydrogens (tertiary/aromatic N) is 2. The van der Waals surface area contributed by atoms with Gasteiger partial charge in [0.1, 0.15) is 5.82 Å². The van der Waals surface area contributed by atoms with Crippen LogP contribution in [0.4, 0.5) is 0 Å². The number of aromatic amines is 1. The molecule has 2 N–H and O–H groups in total. The topological polar surface area (TPSA) is 52.1 Å². The quantitative estimate of drug-likeness (QED) is 0.759. The van der Waals surface area contributed by atoms with Crippen LogP contribution in [0.2, 0.25) is 0 Å². The molecule has 116 valence electrons. The van der Waals surface area contributed by atoms with Crippen molar-refractivity contribution in [1.29, 1.82) is 0 Å². The van der Waals surface area contributed by atoms with Gasteiger partial charge >= 0.3 is 0 Å². The number of aliphatic hydroxyl groups excluding tert-OH is 1. The summed E-state index contributed by atoms with van der Waals surface area (Å²) in [4.78, 5) is 9.77. The van der Waals surface area contributed by atoms with Gasteiger partial charge in [-0.15, -0.1) is 0 Å². The minimum absolute atomic E-state index is 0.189. The number of nitrogens with one attached hydrogen (secondary N) is 1. The largest absolute Gasteiger partial charge is 0.395 e. The number of aliphatic hydroxyl groups is 1. The van der Waals surface area contributed by atoms with Gasteiger partial charge in [-0.05, 0) is 39.0 Å². The van der Waals surface area contributed by atoms with Crippen molar-refractivity contribution in [1.82, 2.24) is 14.9 Å². The molecule has 4 heteroatoms. The maximum atomic E-state index is 9.27. The lowest BCUT2D eigenvalue weighted by Gasteiger charge is -2.27. The first-order chi connectivity index (χ1) is 10.1. The Labute approximate surface area is 127 Å². The first-order valence-corrected chi connectivity index (χ1v) is 7.75. The Balaban J connectivity index is 1.92. The fourth-order valence-electron chi connectivity index (χ4n) is 2.92. The van der Waals surface area contributed by atoms with Crippen molar-refractivity contribution in [2.75, 3.05) is 19.7 Å². The van der Waals surface area contributed by atoms with Gasteiger partial charge in [-0.25, -0.2) is 4.98 Å². The van der Waals surface area contributed by atoms with Gasteiger partial charge in [0, 0.05) is 31.5 Å². The minimum atomic E-state index is 0.189. The molecule has 1 aromatic heterocycles. The van der Waals surface area contributed by atoms with E-state index in [0.29, 0.717) is 12.5 Å².